The van der Waals surface area contributed by atoms with Crippen LogP contribution in [0.2, 0.25) is 5.02 Å². The average molecular weight is 286 g/mol. The van der Waals surface area contributed by atoms with E-state index in [0.717, 1.165) is 19.3 Å². The Balaban J connectivity index is 1.76. The molecule has 0 radical (unpaired) electrons. The van der Waals surface area contributed by atoms with Gasteiger partial charge < -0.3 is 4.74 Å². The fourth-order valence-corrected chi connectivity index (χ4v) is 2.13. The second-order valence-corrected chi connectivity index (χ2v) is 4.98. The van der Waals surface area contributed by atoms with Crippen LogP contribution in [0.25, 0.3) is 0 Å². The molecule has 0 saturated heterocycles. The molecule has 0 aliphatic carbocycles. The maximum atomic E-state index is 8.99. The Morgan fingerprint density at radius 1 is 1.05 bits per heavy atom. The van der Waals surface area contributed by atoms with E-state index in [1.54, 1.807) is 18.2 Å². The van der Waals surface area contributed by atoms with Crippen LogP contribution in [0.4, 0.5) is 0 Å². The second-order valence-electron chi connectivity index (χ2n) is 4.54. The number of hydrogen-bond donors (Lipinski definition) is 0. The lowest BCUT2D eigenvalue weighted by atomic mass is 10.1. The van der Waals surface area contributed by atoms with E-state index in [4.69, 9.17) is 21.6 Å². The molecule has 0 aromatic heterocycles. The molecule has 0 N–H and O–H groups in total. The highest BCUT2D eigenvalue weighted by atomic mass is 35.5. The molecule has 0 fully saturated rings. The maximum absolute atomic E-state index is 8.99. The number of ether oxygens (including phenoxy) is 1. The lowest BCUT2D eigenvalue weighted by Crippen LogP contribution is -2.00. The summed E-state index contributed by atoms with van der Waals surface area (Å²) in [6.07, 6.45) is 3.06. The van der Waals surface area contributed by atoms with E-state index in [1.807, 2.05) is 6.07 Å². The average Bonchev–Trinajstić information content (AvgIpc) is 2.48. The third-order valence-corrected chi connectivity index (χ3v) is 3.26. The number of benzene rings is 2. The summed E-state index contributed by atoms with van der Waals surface area (Å²) < 4.78 is 5.64. The third kappa shape index (κ3) is 4.29. The van der Waals surface area contributed by atoms with Gasteiger partial charge >= 0.3 is 0 Å². The molecule has 20 heavy (non-hydrogen) atoms. The van der Waals surface area contributed by atoms with Crippen LogP contribution in [0.1, 0.15) is 24.0 Å². The molecule has 0 bridgehead atoms. The third-order valence-electron chi connectivity index (χ3n) is 3.02. The highest BCUT2D eigenvalue weighted by Gasteiger charge is 2.03. The van der Waals surface area contributed by atoms with Crippen LogP contribution in [-0.2, 0) is 6.42 Å². The fraction of sp³-hybridized carbons (Fsp3) is 0.235. The molecule has 0 unspecified atom stereocenters. The summed E-state index contributed by atoms with van der Waals surface area (Å²) >= 11 is 5.90. The Labute approximate surface area is 124 Å². The Morgan fingerprint density at radius 3 is 2.60 bits per heavy atom. The largest absolute Gasteiger partial charge is 0.492 e. The molecule has 0 aliphatic heterocycles. The van der Waals surface area contributed by atoms with Crippen molar-refractivity contribution in [3.05, 3.63) is 64.7 Å². The Morgan fingerprint density at radius 2 is 1.85 bits per heavy atom. The van der Waals surface area contributed by atoms with Crippen molar-refractivity contribution >= 4 is 11.6 Å². The maximum Gasteiger partial charge on any atom is 0.138 e. The number of aryl methyl sites for hydroxylation is 1. The summed E-state index contributed by atoms with van der Waals surface area (Å²) in [4.78, 5) is 0. The van der Waals surface area contributed by atoms with Gasteiger partial charge in [0.05, 0.1) is 12.2 Å². The lowest BCUT2D eigenvalue weighted by molar-refractivity contribution is 0.306. The van der Waals surface area contributed by atoms with Crippen molar-refractivity contribution in [1.82, 2.24) is 0 Å². The van der Waals surface area contributed by atoms with E-state index >= 15 is 0 Å². The SMILES string of the molecule is N#Cc1ccc(Cl)cc1OCCCCc1ccccc1. The lowest BCUT2D eigenvalue weighted by Gasteiger charge is -2.08. The Hall–Kier alpha value is -1.98. The highest BCUT2D eigenvalue weighted by molar-refractivity contribution is 6.30. The van der Waals surface area contributed by atoms with Crippen LogP contribution in [0, 0.1) is 11.3 Å². The molecule has 0 saturated carbocycles. The first-order valence-corrected chi connectivity index (χ1v) is 7.04. The normalized spacial score (nSPS) is 10.0. The number of nitriles is 1. The molecular formula is C17H16ClNO. The summed E-state index contributed by atoms with van der Waals surface area (Å²) in [5.41, 5.74) is 1.87. The Kier molecular flexibility index (Phi) is 5.46. The monoisotopic (exact) mass is 285 g/mol. The van der Waals surface area contributed by atoms with Crippen molar-refractivity contribution in [2.45, 2.75) is 19.3 Å². The first-order chi connectivity index (χ1) is 9.79. The van der Waals surface area contributed by atoms with Crippen molar-refractivity contribution in [3.8, 4) is 11.8 Å². The van der Waals surface area contributed by atoms with Crippen LogP contribution in [0.5, 0.6) is 5.75 Å². The molecule has 2 rings (SSSR count). The van der Waals surface area contributed by atoms with E-state index in [1.165, 1.54) is 5.56 Å². The minimum Gasteiger partial charge on any atom is -0.492 e. The molecule has 0 aliphatic rings. The predicted molar refractivity (Wildman–Crippen MR) is 81.0 cm³/mol. The quantitative estimate of drug-likeness (QED) is 0.726. The number of nitrogens with zero attached hydrogens (tertiary/aromatic N) is 1. The highest BCUT2D eigenvalue weighted by Crippen LogP contribution is 2.22. The molecule has 2 aromatic rings. The second kappa shape index (κ2) is 7.57. The molecule has 2 aromatic carbocycles. The molecular weight excluding hydrogens is 270 g/mol. The van der Waals surface area contributed by atoms with Gasteiger partial charge in [-0.05, 0) is 37.0 Å². The van der Waals surface area contributed by atoms with Gasteiger partial charge in [-0.15, -0.1) is 0 Å². The van der Waals surface area contributed by atoms with Gasteiger partial charge in [0.25, 0.3) is 0 Å². The molecule has 0 amide bonds. The summed E-state index contributed by atoms with van der Waals surface area (Å²) in [5, 5.41) is 9.57. The van der Waals surface area contributed by atoms with E-state index in [9.17, 15) is 0 Å². The molecule has 0 spiro atoms. The topological polar surface area (TPSA) is 33.0 Å². The molecule has 0 atom stereocenters. The predicted octanol–water partition coefficient (Wildman–Crippen LogP) is 4.61. The van der Waals surface area contributed by atoms with Crippen LogP contribution in [-0.4, -0.2) is 6.61 Å². The van der Waals surface area contributed by atoms with Crippen LogP contribution in [0.15, 0.2) is 48.5 Å². The van der Waals surface area contributed by atoms with E-state index < -0.39 is 0 Å². The summed E-state index contributed by atoms with van der Waals surface area (Å²) in [5.74, 6) is 0.569. The van der Waals surface area contributed by atoms with Gasteiger partial charge in [0.15, 0.2) is 0 Å². The fourth-order valence-electron chi connectivity index (χ4n) is 1.97. The van der Waals surface area contributed by atoms with Crippen LogP contribution >= 0.6 is 11.6 Å². The van der Waals surface area contributed by atoms with E-state index in [0.29, 0.717) is 22.9 Å². The van der Waals surface area contributed by atoms with Gasteiger partial charge in [-0.3, -0.25) is 0 Å². The van der Waals surface area contributed by atoms with Crippen molar-refractivity contribution in [1.29, 1.82) is 5.26 Å². The zero-order valence-electron chi connectivity index (χ0n) is 11.2. The van der Waals surface area contributed by atoms with Gasteiger partial charge in [-0.2, -0.15) is 5.26 Å². The zero-order valence-corrected chi connectivity index (χ0v) is 11.9. The minimum atomic E-state index is 0.525. The van der Waals surface area contributed by atoms with Crippen LogP contribution in [0.3, 0.4) is 0 Å². The molecule has 102 valence electrons. The van der Waals surface area contributed by atoms with Crippen molar-refractivity contribution in [3.63, 3.8) is 0 Å². The van der Waals surface area contributed by atoms with E-state index in [2.05, 4.69) is 30.3 Å². The van der Waals surface area contributed by atoms with Crippen molar-refractivity contribution in [2.75, 3.05) is 6.61 Å². The summed E-state index contributed by atoms with van der Waals surface area (Å²) in [6.45, 7) is 0.599. The van der Waals surface area contributed by atoms with Gasteiger partial charge in [-0.1, -0.05) is 41.9 Å². The number of rotatable bonds is 6. The van der Waals surface area contributed by atoms with E-state index in [-0.39, 0.29) is 0 Å². The number of halogens is 1. The van der Waals surface area contributed by atoms with Gasteiger partial charge in [0.2, 0.25) is 0 Å². The van der Waals surface area contributed by atoms with Crippen molar-refractivity contribution < 1.29 is 4.74 Å². The molecule has 2 nitrogen and oxygen atoms in total. The molecule has 0 heterocycles. The first kappa shape index (κ1) is 14.4. The van der Waals surface area contributed by atoms with Gasteiger partial charge in [0.1, 0.15) is 11.8 Å². The van der Waals surface area contributed by atoms with Gasteiger partial charge in [-0.25, -0.2) is 0 Å². The van der Waals surface area contributed by atoms with Crippen molar-refractivity contribution in [2.24, 2.45) is 0 Å². The van der Waals surface area contributed by atoms with Gasteiger partial charge in [0, 0.05) is 11.1 Å². The Bertz CT molecular complexity index is 590. The minimum absolute atomic E-state index is 0.525. The number of unbranched alkanes of at least 4 members (excludes halogenated alkanes) is 1. The summed E-state index contributed by atoms with van der Waals surface area (Å²) in [6, 6.07) is 17.6. The van der Waals surface area contributed by atoms with Crippen LogP contribution < -0.4 is 4.74 Å². The zero-order chi connectivity index (χ0) is 14.2. The number of hydrogen-bond acceptors (Lipinski definition) is 2. The standard InChI is InChI=1S/C17H16ClNO/c18-16-10-9-15(13-19)17(12-16)20-11-5-4-8-14-6-2-1-3-7-14/h1-3,6-7,9-10,12H,4-5,8,11H2. The summed E-state index contributed by atoms with van der Waals surface area (Å²) in [7, 11) is 0. The molecule has 3 heteroatoms. The first-order valence-electron chi connectivity index (χ1n) is 6.66. The smallest absolute Gasteiger partial charge is 0.138 e.